The van der Waals surface area contributed by atoms with Crippen LogP contribution in [0.1, 0.15) is 12.5 Å². The van der Waals surface area contributed by atoms with Crippen LogP contribution < -0.4 is 10.6 Å². The first-order valence-electron chi connectivity index (χ1n) is 6.14. The molecule has 94 valence electrons. The summed E-state index contributed by atoms with van der Waals surface area (Å²) < 4.78 is 1.11. The average Bonchev–Trinajstić information content (AvgIpc) is 2.28. The summed E-state index contributed by atoms with van der Waals surface area (Å²) in [6.45, 7) is 9.98. The molecular weight excluding hydrogens is 278 g/mol. The zero-order chi connectivity index (χ0) is 12.4. The molecule has 0 bridgehead atoms. The molecule has 17 heavy (non-hydrogen) atoms. The van der Waals surface area contributed by atoms with E-state index in [2.05, 4.69) is 39.6 Å². The fourth-order valence-electron chi connectivity index (χ4n) is 2.45. The van der Waals surface area contributed by atoms with Gasteiger partial charge in [0, 0.05) is 36.3 Å². The molecule has 1 aliphatic rings. The largest absolute Gasteiger partial charge is 0.399 e. The number of rotatable bonds is 2. The van der Waals surface area contributed by atoms with Crippen LogP contribution in [0, 0.1) is 6.92 Å². The van der Waals surface area contributed by atoms with Gasteiger partial charge in [0.2, 0.25) is 0 Å². The highest BCUT2D eigenvalue weighted by atomic mass is 79.9. The molecule has 1 aromatic carbocycles. The zero-order valence-electron chi connectivity index (χ0n) is 10.5. The summed E-state index contributed by atoms with van der Waals surface area (Å²) >= 11 is 3.63. The van der Waals surface area contributed by atoms with Gasteiger partial charge in [0.15, 0.2) is 0 Å². The number of anilines is 2. The standard InChI is InChI=1S/C13H20BrN3/c1-3-16-4-6-17(7-5-16)13-10(2)8-11(15)9-12(13)14/h8-9H,3-7,15H2,1-2H3. The highest BCUT2D eigenvalue weighted by Crippen LogP contribution is 2.32. The Bertz CT molecular complexity index is 375. The first kappa shape index (κ1) is 12.7. The predicted molar refractivity (Wildman–Crippen MR) is 77.6 cm³/mol. The molecule has 0 amide bonds. The van der Waals surface area contributed by atoms with E-state index < -0.39 is 0 Å². The number of aryl methyl sites for hydroxylation is 1. The quantitative estimate of drug-likeness (QED) is 0.851. The summed E-state index contributed by atoms with van der Waals surface area (Å²) in [5, 5.41) is 0. The molecule has 0 aromatic heterocycles. The van der Waals surface area contributed by atoms with Gasteiger partial charge in [-0.1, -0.05) is 6.92 Å². The minimum atomic E-state index is 0.824. The van der Waals surface area contributed by atoms with Crippen molar-refractivity contribution in [3.63, 3.8) is 0 Å². The Kier molecular flexibility index (Phi) is 3.94. The van der Waals surface area contributed by atoms with Crippen LogP contribution in [0.5, 0.6) is 0 Å². The minimum Gasteiger partial charge on any atom is -0.399 e. The number of nitrogens with zero attached hydrogens (tertiary/aromatic N) is 2. The SMILES string of the molecule is CCN1CCN(c2c(C)cc(N)cc2Br)CC1. The molecule has 0 aliphatic carbocycles. The number of halogens is 1. The number of nitrogens with two attached hydrogens (primary N) is 1. The maximum atomic E-state index is 5.84. The molecule has 0 atom stereocenters. The second-order valence-corrected chi connectivity index (χ2v) is 5.44. The number of likely N-dealkylation sites (N-methyl/N-ethyl adjacent to an activating group) is 1. The Hall–Kier alpha value is -0.740. The van der Waals surface area contributed by atoms with Crippen molar-refractivity contribution in [3.05, 3.63) is 22.2 Å². The topological polar surface area (TPSA) is 32.5 Å². The molecule has 0 saturated carbocycles. The molecule has 3 nitrogen and oxygen atoms in total. The summed E-state index contributed by atoms with van der Waals surface area (Å²) in [5.41, 5.74) is 9.22. The third kappa shape index (κ3) is 2.75. The molecule has 0 radical (unpaired) electrons. The second-order valence-electron chi connectivity index (χ2n) is 4.59. The lowest BCUT2D eigenvalue weighted by atomic mass is 10.1. The van der Waals surface area contributed by atoms with Gasteiger partial charge in [-0.3, -0.25) is 0 Å². The minimum absolute atomic E-state index is 0.824. The van der Waals surface area contributed by atoms with E-state index in [-0.39, 0.29) is 0 Å². The third-order valence-electron chi connectivity index (χ3n) is 3.41. The maximum absolute atomic E-state index is 5.84. The van der Waals surface area contributed by atoms with Gasteiger partial charge >= 0.3 is 0 Å². The molecule has 1 heterocycles. The van der Waals surface area contributed by atoms with Gasteiger partial charge in [-0.05, 0) is 47.1 Å². The van der Waals surface area contributed by atoms with E-state index >= 15 is 0 Å². The van der Waals surface area contributed by atoms with Gasteiger partial charge in [0.1, 0.15) is 0 Å². The van der Waals surface area contributed by atoms with Crippen molar-refractivity contribution in [3.8, 4) is 0 Å². The van der Waals surface area contributed by atoms with Crippen molar-refractivity contribution in [2.45, 2.75) is 13.8 Å². The van der Waals surface area contributed by atoms with Crippen molar-refractivity contribution in [2.24, 2.45) is 0 Å². The van der Waals surface area contributed by atoms with Crippen molar-refractivity contribution >= 4 is 27.3 Å². The number of benzene rings is 1. The van der Waals surface area contributed by atoms with Gasteiger partial charge in [-0.2, -0.15) is 0 Å². The van der Waals surface area contributed by atoms with Crippen LogP contribution in [0.25, 0.3) is 0 Å². The molecule has 2 rings (SSSR count). The van der Waals surface area contributed by atoms with Gasteiger partial charge in [-0.15, -0.1) is 0 Å². The van der Waals surface area contributed by atoms with E-state index in [1.54, 1.807) is 0 Å². The number of hydrogen-bond acceptors (Lipinski definition) is 3. The van der Waals surface area contributed by atoms with Crippen molar-refractivity contribution < 1.29 is 0 Å². The Balaban J connectivity index is 2.18. The molecule has 1 saturated heterocycles. The first-order valence-corrected chi connectivity index (χ1v) is 6.94. The Morgan fingerprint density at radius 3 is 2.41 bits per heavy atom. The average molecular weight is 298 g/mol. The van der Waals surface area contributed by atoms with Gasteiger partial charge in [0.25, 0.3) is 0 Å². The fourth-order valence-corrected chi connectivity index (χ4v) is 3.28. The summed E-state index contributed by atoms with van der Waals surface area (Å²) in [6.07, 6.45) is 0. The highest BCUT2D eigenvalue weighted by molar-refractivity contribution is 9.10. The summed E-state index contributed by atoms with van der Waals surface area (Å²) in [5.74, 6) is 0. The molecule has 2 N–H and O–H groups in total. The number of piperazine rings is 1. The van der Waals surface area contributed by atoms with Crippen molar-refractivity contribution in [1.29, 1.82) is 0 Å². The van der Waals surface area contributed by atoms with E-state index in [0.29, 0.717) is 0 Å². The van der Waals surface area contributed by atoms with Crippen LogP contribution in [0.15, 0.2) is 16.6 Å². The number of nitrogen functional groups attached to an aromatic ring is 1. The molecule has 0 unspecified atom stereocenters. The monoisotopic (exact) mass is 297 g/mol. The molecule has 4 heteroatoms. The molecule has 1 aliphatic heterocycles. The molecule has 1 fully saturated rings. The summed E-state index contributed by atoms with van der Waals surface area (Å²) in [4.78, 5) is 4.93. The van der Waals surface area contributed by atoms with Crippen molar-refractivity contribution in [1.82, 2.24) is 4.90 Å². The summed E-state index contributed by atoms with van der Waals surface area (Å²) in [6, 6.07) is 4.04. The van der Waals surface area contributed by atoms with Crippen LogP contribution >= 0.6 is 15.9 Å². The molecular formula is C13H20BrN3. The smallest absolute Gasteiger partial charge is 0.0542 e. The predicted octanol–water partition coefficient (Wildman–Crippen LogP) is 2.48. The van der Waals surface area contributed by atoms with E-state index in [4.69, 9.17) is 5.73 Å². The van der Waals surface area contributed by atoms with E-state index in [1.165, 1.54) is 11.3 Å². The van der Waals surface area contributed by atoms with Crippen molar-refractivity contribution in [2.75, 3.05) is 43.4 Å². The second kappa shape index (κ2) is 5.27. The van der Waals surface area contributed by atoms with Gasteiger partial charge in [-0.25, -0.2) is 0 Å². The van der Waals surface area contributed by atoms with E-state index in [9.17, 15) is 0 Å². The molecule has 0 spiro atoms. The highest BCUT2D eigenvalue weighted by Gasteiger charge is 2.19. The number of hydrogen-bond donors (Lipinski definition) is 1. The van der Waals surface area contributed by atoms with E-state index in [1.807, 2.05) is 12.1 Å². The van der Waals surface area contributed by atoms with E-state index in [0.717, 1.165) is 42.9 Å². The lowest BCUT2D eigenvalue weighted by Gasteiger charge is -2.36. The Morgan fingerprint density at radius 1 is 1.24 bits per heavy atom. The van der Waals surface area contributed by atoms with Crippen LogP contribution in [0.4, 0.5) is 11.4 Å². The van der Waals surface area contributed by atoms with Gasteiger partial charge in [0.05, 0.1) is 5.69 Å². The van der Waals surface area contributed by atoms with Crippen LogP contribution in [0.3, 0.4) is 0 Å². The Morgan fingerprint density at radius 2 is 1.88 bits per heavy atom. The normalized spacial score (nSPS) is 17.5. The fraction of sp³-hybridized carbons (Fsp3) is 0.538. The lowest BCUT2D eigenvalue weighted by molar-refractivity contribution is 0.271. The third-order valence-corrected chi connectivity index (χ3v) is 4.02. The van der Waals surface area contributed by atoms with Gasteiger partial charge < -0.3 is 15.5 Å². The molecule has 1 aromatic rings. The van der Waals surface area contributed by atoms with Crippen LogP contribution in [-0.4, -0.2) is 37.6 Å². The first-order chi connectivity index (χ1) is 8.11. The Labute approximate surface area is 112 Å². The van der Waals surface area contributed by atoms with Crippen LogP contribution in [0.2, 0.25) is 0 Å². The zero-order valence-corrected chi connectivity index (χ0v) is 12.1. The summed E-state index contributed by atoms with van der Waals surface area (Å²) in [7, 11) is 0. The van der Waals surface area contributed by atoms with Crippen LogP contribution in [-0.2, 0) is 0 Å². The lowest BCUT2D eigenvalue weighted by Crippen LogP contribution is -2.46. The maximum Gasteiger partial charge on any atom is 0.0542 e.